The van der Waals surface area contributed by atoms with Crippen molar-refractivity contribution in [3.8, 4) is 0 Å². The van der Waals surface area contributed by atoms with E-state index in [-0.39, 0.29) is 16.3 Å². The quantitative estimate of drug-likeness (QED) is 0.739. The molecule has 0 bridgehead atoms. The Morgan fingerprint density at radius 2 is 1.96 bits per heavy atom. The minimum absolute atomic E-state index is 0.203. The van der Waals surface area contributed by atoms with Gasteiger partial charge in [0.2, 0.25) is 0 Å². The topological polar surface area (TPSA) is 84.2 Å². The lowest BCUT2D eigenvalue weighted by Crippen LogP contribution is -2.25. The normalized spacial score (nSPS) is 11.7. The minimum Gasteiger partial charge on any atom is -0.477 e. The summed E-state index contributed by atoms with van der Waals surface area (Å²) in [6, 6.07) is 6.97. The number of benzene rings is 1. The molecule has 0 atom stereocenters. The lowest BCUT2D eigenvalue weighted by atomic mass is 10.1. The SMILES string of the molecule is Cc1c(C(=O)Nc2ccc3sc(C(=O)O)cc3c2)cnn1C(C)(C)C. The molecule has 1 aromatic carbocycles. The maximum Gasteiger partial charge on any atom is 0.345 e. The van der Waals surface area contributed by atoms with E-state index in [0.29, 0.717) is 11.3 Å². The number of thiophene rings is 1. The zero-order chi connectivity index (χ0) is 18.4. The molecule has 6 nitrogen and oxygen atoms in total. The molecule has 25 heavy (non-hydrogen) atoms. The molecule has 3 aromatic rings. The lowest BCUT2D eigenvalue weighted by molar-refractivity contribution is 0.0702. The second-order valence-electron chi connectivity index (χ2n) is 6.85. The van der Waals surface area contributed by atoms with Gasteiger partial charge in [0.1, 0.15) is 4.88 Å². The first-order valence-electron chi connectivity index (χ1n) is 7.80. The van der Waals surface area contributed by atoms with E-state index in [0.717, 1.165) is 15.8 Å². The monoisotopic (exact) mass is 357 g/mol. The number of hydrogen-bond acceptors (Lipinski definition) is 4. The van der Waals surface area contributed by atoms with Gasteiger partial charge in [-0.05, 0) is 57.3 Å². The number of rotatable bonds is 3. The zero-order valence-corrected chi connectivity index (χ0v) is 15.3. The van der Waals surface area contributed by atoms with Gasteiger partial charge in [-0.2, -0.15) is 5.10 Å². The number of amides is 1. The molecule has 2 N–H and O–H groups in total. The molecule has 0 saturated carbocycles. The molecule has 0 aliphatic rings. The van der Waals surface area contributed by atoms with Crippen LogP contribution in [0.1, 0.15) is 46.5 Å². The minimum atomic E-state index is -0.947. The summed E-state index contributed by atoms with van der Waals surface area (Å²) in [5, 5.41) is 17.0. The van der Waals surface area contributed by atoms with Crippen molar-refractivity contribution in [3.05, 3.63) is 46.6 Å². The molecular weight excluding hydrogens is 338 g/mol. The van der Waals surface area contributed by atoms with E-state index in [1.165, 1.54) is 11.3 Å². The molecule has 3 rings (SSSR count). The molecule has 7 heteroatoms. The standard InChI is InChI=1S/C18H19N3O3S/c1-10-13(9-19-21(10)18(2,3)4)16(22)20-12-5-6-14-11(7-12)8-15(25-14)17(23)24/h5-9H,1-4H3,(H,20,22)(H,23,24). The number of aromatic nitrogens is 2. The van der Waals surface area contributed by atoms with Gasteiger partial charge >= 0.3 is 5.97 Å². The van der Waals surface area contributed by atoms with E-state index < -0.39 is 5.97 Å². The molecule has 2 aromatic heterocycles. The third-order valence-electron chi connectivity index (χ3n) is 3.87. The lowest BCUT2D eigenvalue weighted by Gasteiger charge is -2.21. The van der Waals surface area contributed by atoms with Gasteiger partial charge in [0.05, 0.1) is 17.3 Å². The molecule has 0 aliphatic carbocycles. The van der Waals surface area contributed by atoms with Gasteiger partial charge in [0.15, 0.2) is 0 Å². The number of nitrogens with one attached hydrogen (secondary N) is 1. The van der Waals surface area contributed by atoms with Crippen molar-refractivity contribution in [1.29, 1.82) is 0 Å². The highest BCUT2D eigenvalue weighted by Crippen LogP contribution is 2.28. The van der Waals surface area contributed by atoms with Crippen molar-refractivity contribution in [3.63, 3.8) is 0 Å². The van der Waals surface area contributed by atoms with Crippen LogP contribution in [0.2, 0.25) is 0 Å². The average molecular weight is 357 g/mol. The van der Waals surface area contributed by atoms with Crippen molar-refractivity contribution in [2.24, 2.45) is 0 Å². The van der Waals surface area contributed by atoms with Crippen LogP contribution < -0.4 is 5.32 Å². The van der Waals surface area contributed by atoms with E-state index >= 15 is 0 Å². The highest BCUT2D eigenvalue weighted by molar-refractivity contribution is 7.20. The first-order valence-corrected chi connectivity index (χ1v) is 8.62. The number of hydrogen-bond donors (Lipinski definition) is 2. The molecule has 1 amide bonds. The van der Waals surface area contributed by atoms with E-state index in [1.54, 1.807) is 24.4 Å². The first-order chi connectivity index (χ1) is 11.7. The average Bonchev–Trinajstić information content (AvgIpc) is 3.09. The van der Waals surface area contributed by atoms with Crippen LogP contribution in [0.25, 0.3) is 10.1 Å². The molecule has 0 unspecified atom stereocenters. The van der Waals surface area contributed by atoms with Gasteiger partial charge in [-0.15, -0.1) is 11.3 Å². The summed E-state index contributed by atoms with van der Waals surface area (Å²) in [5.74, 6) is -1.18. The number of carbonyl (C=O) groups is 2. The third-order valence-corrected chi connectivity index (χ3v) is 4.98. The number of carboxylic acid groups (broad SMARTS) is 1. The van der Waals surface area contributed by atoms with Crippen LogP contribution in [0.3, 0.4) is 0 Å². The van der Waals surface area contributed by atoms with Gasteiger partial charge in [-0.3, -0.25) is 9.48 Å². The van der Waals surface area contributed by atoms with Gasteiger partial charge in [-0.25, -0.2) is 4.79 Å². The predicted molar refractivity (Wildman–Crippen MR) is 98.7 cm³/mol. The Morgan fingerprint density at radius 3 is 2.56 bits per heavy atom. The van der Waals surface area contributed by atoms with Crippen LogP contribution in [-0.2, 0) is 5.54 Å². The highest BCUT2D eigenvalue weighted by Gasteiger charge is 2.21. The Morgan fingerprint density at radius 1 is 1.24 bits per heavy atom. The van der Waals surface area contributed by atoms with Crippen LogP contribution >= 0.6 is 11.3 Å². The van der Waals surface area contributed by atoms with E-state index in [2.05, 4.69) is 10.4 Å². The molecule has 130 valence electrons. The van der Waals surface area contributed by atoms with Crippen molar-refractivity contribution < 1.29 is 14.7 Å². The van der Waals surface area contributed by atoms with Crippen molar-refractivity contribution >= 4 is 39.0 Å². The number of anilines is 1. The zero-order valence-electron chi connectivity index (χ0n) is 14.5. The number of aromatic carboxylic acids is 1. The van der Waals surface area contributed by atoms with Gasteiger partial charge in [0, 0.05) is 16.1 Å². The molecule has 2 heterocycles. The largest absolute Gasteiger partial charge is 0.477 e. The Bertz CT molecular complexity index is 979. The Kier molecular flexibility index (Phi) is 4.12. The van der Waals surface area contributed by atoms with Crippen LogP contribution in [0.15, 0.2) is 30.5 Å². The fourth-order valence-electron chi connectivity index (χ4n) is 2.73. The molecular formula is C18H19N3O3S. The fraction of sp³-hybridized carbons (Fsp3) is 0.278. The fourth-order valence-corrected chi connectivity index (χ4v) is 3.62. The second kappa shape index (κ2) is 6.00. The molecule has 0 saturated heterocycles. The van der Waals surface area contributed by atoms with Gasteiger partial charge < -0.3 is 10.4 Å². The summed E-state index contributed by atoms with van der Waals surface area (Å²) in [6.07, 6.45) is 1.57. The number of fused-ring (bicyclic) bond motifs is 1. The van der Waals surface area contributed by atoms with Crippen molar-refractivity contribution in [1.82, 2.24) is 9.78 Å². The Labute approximate surface area is 149 Å². The Hall–Kier alpha value is -2.67. The van der Waals surface area contributed by atoms with Crippen LogP contribution in [0.5, 0.6) is 0 Å². The summed E-state index contributed by atoms with van der Waals surface area (Å²) in [7, 11) is 0. The van der Waals surface area contributed by atoms with Gasteiger partial charge in [-0.1, -0.05) is 0 Å². The van der Waals surface area contributed by atoms with Crippen LogP contribution in [0.4, 0.5) is 5.69 Å². The predicted octanol–water partition coefficient (Wildman–Crippen LogP) is 4.11. The summed E-state index contributed by atoms with van der Waals surface area (Å²) in [4.78, 5) is 23.9. The maximum atomic E-state index is 12.6. The summed E-state index contributed by atoms with van der Waals surface area (Å²) in [6.45, 7) is 7.95. The van der Waals surface area contributed by atoms with E-state index in [4.69, 9.17) is 5.11 Å². The maximum absolute atomic E-state index is 12.6. The van der Waals surface area contributed by atoms with E-state index in [9.17, 15) is 9.59 Å². The third kappa shape index (κ3) is 3.28. The van der Waals surface area contributed by atoms with Crippen LogP contribution in [0, 0.1) is 6.92 Å². The first kappa shape index (κ1) is 17.2. The summed E-state index contributed by atoms with van der Waals surface area (Å²) >= 11 is 1.21. The summed E-state index contributed by atoms with van der Waals surface area (Å²) < 4.78 is 2.69. The number of carbonyl (C=O) groups excluding carboxylic acids is 1. The van der Waals surface area contributed by atoms with Crippen LogP contribution in [-0.4, -0.2) is 26.8 Å². The number of nitrogens with zero attached hydrogens (tertiary/aromatic N) is 2. The summed E-state index contributed by atoms with van der Waals surface area (Å²) in [5.41, 5.74) is 1.74. The van der Waals surface area contributed by atoms with Crippen molar-refractivity contribution in [2.75, 3.05) is 5.32 Å². The Balaban J connectivity index is 1.87. The molecule has 0 spiro atoms. The molecule has 0 fully saturated rings. The highest BCUT2D eigenvalue weighted by atomic mass is 32.1. The smallest absolute Gasteiger partial charge is 0.345 e. The second-order valence-corrected chi connectivity index (χ2v) is 7.93. The number of carboxylic acids is 1. The van der Waals surface area contributed by atoms with Crippen molar-refractivity contribution in [2.45, 2.75) is 33.2 Å². The molecule has 0 aliphatic heterocycles. The van der Waals surface area contributed by atoms with Gasteiger partial charge in [0.25, 0.3) is 5.91 Å². The molecule has 0 radical (unpaired) electrons. The van der Waals surface area contributed by atoms with E-state index in [1.807, 2.05) is 38.4 Å².